The van der Waals surface area contributed by atoms with Crippen LogP contribution in [0, 0.1) is 5.92 Å². The Morgan fingerprint density at radius 1 is 1.40 bits per heavy atom. The first-order valence-corrected chi connectivity index (χ1v) is 9.68. The number of thioether (sulfide) groups is 1. The Bertz CT molecular complexity index is 758. The van der Waals surface area contributed by atoms with E-state index in [1.807, 2.05) is 6.26 Å². The molecule has 0 atom stereocenters. The molecule has 6 nitrogen and oxygen atoms in total. The van der Waals surface area contributed by atoms with E-state index in [0.29, 0.717) is 30.9 Å². The molecule has 0 spiro atoms. The van der Waals surface area contributed by atoms with Gasteiger partial charge >= 0.3 is 12.1 Å². The average molecular weight is 391 g/mol. The summed E-state index contributed by atoms with van der Waals surface area (Å²) in [5.41, 5.74) is 0.637. The van der Waals surface area contributed by atoms with Crippen LogP contribution in [0.3, 0.4) is 0 Å². The summed E-state index contributed by atoms with van der Waals surface area (Å²) in [7, 11) is 0. The van der Waals surface area contributed by atoms with Crippen molar-refractivity contribution in [3.8, 4) is 0 Å². The van der Waals surface area contributed by atoms with E-state index in [1.54, 1.807) is 0 Å². The van der Waals surface area contributed by atoms with Crippen LogP contribution < -0.4 is 5.32 Å². The predicted molar refractivity (Wildman–Crippen MR) is 90.8 cm³/mol. The smallest absolute Gasteiger partial charge is 0.368 e. The van der Waals surface area contributed by atoms with Gasteiger partial charge in [0.1, 0.15) is 16.8 Å². The zero-order chi connectivity index (χ0) is 18.0. The Morgan fingerprint density at radius 2 is 2.12 bits per heavy atom. The van der Waals surface area contributed by atoms with Gasteiger partial charge in [0.15, 0.2) is 9.99 Å². The molecular formula is C14H16F3N5OS2. The summed E-state index contributed by atoms with van der Waals surface area (Å²) in [4.78, 5) is 24.9. The first kappa shape index (κ1) is 18.2. The molecule has 0 unspecified atom stereocenters. The summed E-state index contributed by atoms with van der Waals surface area (Å²) in [6.07, 6.45) is -0.351. The second-order valence-electron chi connectivity index (χ2n) is 5.67. The minimum atomic E-state index is -4.79. The molecule has 0 aliphatic carbocycles. The van der Waals surface area contributed by atoms with Gasteiger partial charge in [-0.1, -0.05) is 11.8 Å². The number of anilines is 1. The number of nitrogens with one attached hydrogen (secondary N) is 1. The maximum atomic E-state index is 12.5. The molecule has 0 bridgehead atoms. The molecule has 1 saturated heterocycles. The van der Waals surface area contributed by atoms with Crippen molar-refractivity contribution in [3.63, 3.8) is 0 Å². The fourth-order valence-corrected chi connectivity index (χ4v) is 4.19. The highest BCUT2D eigenvalue weighted by atomic mass is 32.2. The van der Waals surface area contributed by atoms with Crippen LogP contribution >= 0.6 is 23.1 Å². The van der Waals surface area contributed by atoms with E-state index < -0.39 is 12.1 Å². The van der Waals surface area contributed by atoms with Crippen molar-refractivity contribution in [2.75, 3.05) is 31.2 Å². The van der Waals surface area contributed by atoms with Crippen molar-refractivity contribution >= 4 is 45.2 Å². The first-order valence-electron chi connectivity index (χ1n) is 7.64. The summed E-state index contributed by atoms with van der Waals surface area (Å²) in [5, 5.41) is 3.25. The number of nitrogens with zero attached hydrogens (tertiary/aromatic N) is 4. The lowest BCUT2D eigenvalue weighted by Gasteiger charge is -2.32. The second-order valence-corrected chi connectivity index (χ2v) is 7.73. The van der Waals surface area contributed by atoms with Gasteiger partial charge in [-0.05, 0) is 25.0 Å². The van der Waals surface area contributed by atoms with E-state index >= 15 is 0 Å². The van der Waals surface area contributed by atoms with E-state index in [2.05, 4.69) is 20.3 Å². The largest absolute Gasteiger partial charge is 0.471 e. The number of rotatable bonds is 4. The summed E-state index contributed by atoms with van der Waals surface area (Å²) >= 11 is 3.04. The Kier molecular flexibility index (Phi) is 5.32. The van der Waals surface area contributed by atoms with Crippen LogP contribution in [0.15, 0.2) is 10.7 Å². The lowest BCUT2D eigenvalue weighted by molar-refractivity contribution is -0.186. The number of carbonyl (C=O) groups excluding carboxylic acids is 1. The van der Waals surface area contributed by atoms with E-state index in [0.717, 1.165) is 13.9 Å². The van der Waals surface area contributed by atoms with Crippen LogP contribution in [0.25, 0.3) is 10.3 Å². The fraction of sp³-hybridized carbons (Fsp3) is 0.571. The molecule has 136 valence electrons. The molecule has 0 saturated carbocycles. The third kappa shape index (κ3) is 4.14. The van der Waals surface area contributed by atoms with Gasteiger partial charge in [0, 0.05) is 19.6 Å². The van der Waals surface area contributed by atoms with Crippen molar-refractivity contribution in [3.05, 3.63) is 6.33 Å². The van der Waals surface area contributed by atoms with Gasteiger partial charge < -0.3 is 10.2 Å². The van der Waals surface area contributed by atoms with Gasteiger partial charge in [-0.25, -0.2) is 15.0 Å². The highest BCUT2D eigenvalue weighted by Crippen LogP contribution is 2.31. The third-order valence-corrected chi connectivity index (χ3v) is 6.09. The number of fused-ring (bicyclic) bond motifs is 1. The number of piperidine rings is 1. The molecule has 3 rings (SSSR count). The van der Waals surface area contributed by atoms with Gasteiger partial charge in [-0.15, -0.1) is 11.3 Å². The van der Waals surface area contributed by atoms with Gasteiger partial charge in [-0.3, -0.25) is 4.79 Å². The topological polar surface area (TPSA) is 71.0 Å². The molecule has 1 amide bonds. The minimum Gasteiger partial charge on any atom is -0.368 e. The maximum absolute atomic E-state index is 12.5. The van der Waals surface area contributed by atoms with Crippen LogP contribution in [0.5, 0.6) is 0 Å². The summed E-state index contributed by atoms with van der Waals surface area (Å²) < 4.78 is 39.1. The number of aromatic nitrogens is 3. The van der Waals surface area contributed by atoms with Crippen molar-refractivity contribution < 1.29 is 18.0 Å². The molecule has 2 aromatic heterocycles. The molecule has 1 N–H and O–H groups in total. The Labute approximate surface area is 150 Å². The Hall–Kier alpha value is -1.62. The van der Waals surface area contributed by atoms with Gasteiger partial charge in [-0.2, -0.15) is 13.2 Å². The number of halogens is 3. The number of amides is 1. The highest BCUT2D eigenvalue weighted by Gasteiger charge is 2.43. The zero-order valence-corrected chi connectivity index (χ0v) is 15.0. The van der Waals surface area contributed by atoms with Crippen LogP contribution in [0.2, 0.25) is 0 Å². The van der Waals surface area contributed by atoms with Crippen LogP contribution in [0.1, 0.15) is 12.8 Å². The number of likely N-dealkylation sites (tertiary alicyclic amines) is 1. The normalized spacial score (nSPS) is 16.4. The fourth-order valence-electron chi connectivity index (χ4n) is 2.71. The predicted octanol–water partition coefficient (Wildman–Crippen LogP) is 3.02. The summed E-state index contributed by atoms with van der Waals surface area (Å²) in [6, 6.07) is 0. The van der Waals surface area contributed by atoms with Crippen LogP contribution in [-0.4, -0.2) is 57.8 Å². The lowest BCUT2D eigenvalue weighted by atomic mass is 9.96. The lowest BCUT2D eigenvalue weighted by Crippen LogP contribution is -2.46. The van der Waals surface area contributed by atoms with E-state index in [-0.39, 0.29) is 19.0 Å². The zero-order valence-electron chi connectivity index (χ0n) is 13.3. The van der Waals surface area contributed by atoms with E-state index in [9.17, 15) is 18.0 Å². The number of hydrogen-bond acceptors (Lipinski definition) is 7. The Balaban J connectivity index is 1.57. The van der Waals surface area contributed by atoms with Crippen LogP contribution in [0.4, 0.5) is 19.0 Å². The van der Waals surface area contributed by atoms with E-state index in [4.69, 9.17) is 0 Å². The van der Waals surface area contributed by atoms with E-state index in [1.165, 1.54) is 29.4 Å². The molecule has 2 aromatic rings. The molecular weight excluding hydrogens is 375 g/mol. The number of thiazole rings is 1. The summed E-state index contributed by atoms with van der Waals surface area (Å²) in [6.45, 7) is 0.842. The van der Waals surface area contributed by atoms with Gasteiger partial charge in [0.25, 0.3) is 0 Å². The molecule has 1 aliphatic rings. The second kappa shape index (κ2) is 7.32. The van der Waals surface area contributed by atoms with Crippen LogP contribution in [-0.2, 0) is 4.79 Å². The molecule has 11 heteroatoms. The molecule has 3 heterocycles. The molecule has 1 aliphatic heterocycles. The maximum Gasteiger partial charge on any atom is 0.471 e. The monoisotopic (exact) mass is 391 g/mol. The van der Waals surface area contributed by atoms with Gasteiger partial charge in [0.2, 0.25) is 0 Å². The molecule has 0 radical (unpaired) electrons. The van der Waals surface area contributed by atoms with Gasteiger partial charge in [0.05, 0.1) is 0 Å². The van der Waals surface area contributed by atoms with Crippen molar-refractivity contribution in [1.29, 1.82) is 0 Å². The van der Waals surface area contributed by atoms with Crippen molar-refractivity contribution in [2.24, 2.45) is 5.92 Å². The quantitative estimate of drug-likeness (QED) is 0.808. The summed E-state index contributed by atoms with van der Waals surface area (Å²) in [5.74, 6) is -0.863. The SMILES string of the molecule is CSc1nc2ncnc(NCC3CCN(C(=O)C(F)(F)F)CC3)c2s1. The van der Waals surface area contributed by atoms with Crippen molar-refractivity contribution in [2.45, 2.75) is 23.4 Å². The average Bonchev–Trinajstić information content (AvgIpc) is 3.03. The number of alkyl halides is 3. The molecule has 25 heavy (non-hydrogen) atoms. The highest BCUT2D eigenvalue weighted by molar-refractivity contribution is 8.00. The number of hydrogen-bond donors (Lipinski definition) is 1. The number of carbonyl (C=O) groups is 1. The van der Waals surface area contributed by atoms with Crippen molar-refractivity contribution in [1.82, 2.24) is 19.9 Å². The molecule has 1 fully saturated rings. The standard InChI is InChI=1S/C14H16F3N5OS2/c1-24-13-21-11-9(25-13)10(19-7-20-11)18-6-8-2-4-22(5-3-8)12(23)14(15,16)17/h7-8H,2-6H2,1H3,(H,18,19,20). The minimum absolute atomic E-state index is 0.126. The first-order chi connectivity index (χ1) is 11.9. The third-order valence-electron chi connectivity index (χ3n) is 4.05. The Morgan fingerprint density at radius 3 is 2.76 bits per heavy atom. The molecule has 0 aromatic carbocycles.